The number of nitrogens with zero attached hydrogens (tertiary/aromatic N) is 2. The lowest BCUT2D eigenvalue weighted by Gasteiger charge is -2.15. The molecule has 0 saturated carbocycles. The Hall–Kier alpha value is -2.37. The van der Waals surface area contributed by atoms with Crippen LogP contribution in [0.5, 0.6) is 0 Å². The van der Waals surface area contributed by atoms with E-state index in [9.17, 15) is 9.59 Å². The number of nitrogens with one attached hydrogen (secondary N) is 1. The Balaban J connectivity index is 2.23. The smallest absolute Gasteiger partial charge is 0.315 e. The van der Waals surface area contributed by atoms with E-state index in [1.807, 2.05) is 35.9 Å². The van der Waals surface area contributed by atoms with E-state index in [1.54, 1.807) is 6.92 Å². The number of aryl methyl sites for hydroxylation is 1. The van der Waals surface area contributed by atoms with Gasteiger partial charge in [-0.1, -0.05) is 12.1 Å². The molecule has 20 heavy (non-hydrogen) atoms. The molecule has 0 fully saturated rings. The van der Waals surface area contributed by atoms with Gasteiger partial charge < -0.3 is 15.0 Å². The summed E-state index contributed by atoms with van der Waals surface area (Å²) >= 11 is 0. The maximum absolute atomic E-state index is 11.8. The number of aliphatic carboxylic acids is 1. The third-order valence-electron chi connectivity index (χ3n) is 3.33. The molecule has 2 unspecified atom stereocenters. The van der Waals surface area contributed by atoms with E-state index >= 15 is 0 Å². The van der Waals surface area contributed by atoms with Crippen LogP contribution in [0.1, 0.15) is 25.7 Å². The monoisotopic (exact) mass is 275 g/mol. The van der Waals surface area contributed by atoms with Crippen LogP contribution in [0.4, 0.5) is 0 Å². The quantitative estimate of drug-likeness (QED) is 0.828. The van der Waals surface area contributed by atoms with Gasteiger partial charge in [-0.15, -0.1) is 0 Å². The van der Waals surface area contributed by atoms with Crippen LogP contribution in [-0.2, 0) is 16.6 Å². The molecule has 0 aliphatic rings. The summed E-state index contributed by atoms with van der Waals surface area (Å²) in [6.07, 6.45) is 0. The van der Waals surface area contributed by atoms with E-state index in [4.69, 9.17) is 5.11 Å². The van der Waals surface area contributed by atoms with Gasteiger partial charge in [-0.3, -0.25) is 9.59 Å². The highest BCUT2D eigenvalue weighted by atomic mass is 16.4. The zero-order valence-corrected chi connectivity index (χ0v) is 11.6. The Morgan fingerprint density at radius 2 is 1.95 bits per heavy atom. The summed E-state index contributed by atoms with van der Waals surface area (Å²) in [5, 5.41) is 11.5. The van der Waals surface area contributed by atoms with Crippen LogP contribution in [0.3, 0.4) is 0 Å². The molecular formula is C14H17N3O3. The molecule has 2 rings (SSSR count). The molecule has 106 valence electrons. The van der Waals surface area contributed by atoms with Crippen molar-refractivity contribution in [2.45, 2.75) is 19.9 Å². The number of rotatable bonds is 4. The summed E-state index contributed by atoms with van der Waals surface area (Å²) in [5.41, 5.74) is 1.81. The molecule has 6 nitrogen and oxygen atoms in total. The Morgan fingerprint density at radius 1 is 1.30 bits per heavy atom. The summed E-state index contributed by atoms with van der Waals surface area (Å²) in [5.74, 6) is -2.04. The van der Waals surface area contributed by atoms with Crippen molar-refractivity contribution in [3.63, 3.8) is 0 Å². The zero-order chi connectivity index (χ0) is 14.9. The van der Waals surface area contributed by atoms with Crippen LogP contribution >= 0.6 is 0 Å². The second-order valence-corrected chi connectivity index (χ2v) is 4.81. The molecule has 2 atom stereocenters. The predicted octanol–water partition coefficient (Wildman–Crippen LogP) is 1.47. The van der Waals surface area contributed by atoms with E-state index in [0.29, 0.717) is 5.82 Å². The van der Waals surface area contributed by atoms with Crippen molar-refractivity contribution in [3.05, 3.63) is 30.1 Å². The fraction of sp³-hybridized carbons (Fsp3) is 0.357. The number of carboxylic acid groups (broad SMARTS) is 1. The first-order valence-corrected chi connectivity index (χ1v) is 6.36. The Kier molecular flexibility index (Phi) is 3.74. The summed E-state index contributed by atoms with van der Waals surface area (Å²) in [7, 11) is 1.87. The lowest BCUT2D eigenvalue weighted by Crippen LogP contribution is -2.36. The maximum atomic E-state index is 11.8. The van der Waals surface area contributed by atoms with Crippen molar-refractivity contribution in [1.82, 2.24) is 14.9 Å². The summed E-state index contributed by atoms with van der Waals surface area (Å²) in [6, 6.07) is 7.30. The number of hydrogen-bond donors (Lipinski definition) is 2. The Morgan fingerprint density at radius 3 is 2.55 bits per heavy atom. The van der Waals surface area contributed by atoms with Crippen LogP contribution in [0.15, 0.2) is 24.3 Å². The number of imidazole rings is 1. The van der Waals surface area contributed by atoms with Gasteiger partial charge in [0.15, 0.2) is 0 Å². The SMILES string of the molecule is CC(C(=O)O)C(=O)NC(C)c1nc2ccccc2n1C. The molecule has 0 bridgehead atoms. The molecule has 2 N–H and O–H groups in total. The lowest BCUT2D eigenvalue weighted by molar-refractivity contribution is -0.146. The van der Waals surface area contributed by atoms with Gasteiger partial charge in [0.2, 0.25) is 5.91 Å². The van der Waals surface area contributed by atoms with Gasteiger partial charge in [0.05, 0.1) is 17.1 Å². The van der Waals surface area contributed by atoms with Gasteiger partial charge in [0.25, 0.3) is 0 Å². The van der Waals surface area contributed by atoms with Crippen molar-refractivity contribution < 1.29 is 14.7 Å². The predicted molar refractivity (Wildman–Crippen MR) is 74.1 cm³/mol. The first kappa shape index (κ1) is 14.0. The minimum atomic E-state index is -1.14. The molecule has 1 aromatic heterocycles. The third-order valence-corrected chi connectivity index (χ3v) is 3.33. The Bertz CT molecular complexity index is 663. The first-order chi connectivity index (χ1) is 9.41. The number of fused-ring (bicyclic) bond motifs is 1. The number of carbonyl (C=O) groups is 2. The Labute approximate surface area is 116 Å². The highest BCUT2D eigenvalue weighted by Gasteiger charge is 2.24. The van der Waals surface area contributed by atoms with E-state index < -0.39 is 17.8 Å². The molecule has 2 aromatic rings. The van der Waals surface area contributed by atoms with Crippen molar-refractivity contribution >= 4 is 22.9 Å². The number of aromatic nitrogens is 2. The second-order valence-electron chi connectivity index (χ2n) is 4.81. The number of carbonyl (C=O) groups excluding carboxylic acids is 1. The van der Waals surface area contributed by atoms with Crippen LogP contribution in [0.25, 0.3) is 11.0 Å². The first-order valence-electron chi connectivity index (χ1n) is 6.36. The third kappa shape index (κ3) is 2.49. The van der Waals surface area contributed by atoms with E-state index in [0.717, 1.165) is 11.0 Å². The van der Waals surface area contributed by atoms with Crippen LogP contribution in [0, 0.1) is 5.92 Å². The van der Waals surface area contributed by atoms with Crippen molar-refractivity contribution in [3.8, 4) is 0 Å². The van der Waals surface area contributed by atoms with Crippen molar-refractivity contribution in [2.75, 3.05) is 0 Å². The van der Waals surface area contributed by atoms with Crippen LogP contribution in [-0.4, -0.2) is 26.5 Å². The number of hydrogen-bond acceptors (Lipinski definition) is 3. The number of para-hydroxylation sites is 2. The van der Waals surface area contributed by atoms with E-state index in [-0.39, 0.29) is 6.04 Å². The zero-order valence-electron chi connectivity index (χ0n) is 11.6. The van der Waals surface area contributed by atoms with Gasteiger partial charge in [0, 0.05) is 7.05 Å². The molecule has 1 amide bonds. The van der Waals surface area contributed by atoms with E-state index in [1.165, 1.54) is 6.92 Å². The maximum Gasteiger partial charge on any atom is 0.315 e. The second kappa shape index (κ2) is 5.32. The van der Waals surface area contributed by atoms with Gasteiger partial charge in [-0.2, -0.15) is 0 Å². The molecule has 1 heterocycles. The molecule has 0 spiro atoms. The molecule has 0 radical (unpaired) electrons. The summed E-state index contributed by atoms with van der Waals surface area (Å²) in [6.45, 7) is 3.15. The fourth-order valence-corrected chi connectivity index (χ4v) is 2.07. The van der Waals surface area contributed by atoms with Crippen molar-refractivity contribution in [1.29, 1.82) is 0 Å². The van der Waals surface area contributed by atoms with E-state index in [2.05, 4.69) is 10.3 Å². The van der Waals surface area contributed by atoms with Gasteiger partial charge in [0.1, 0.15) is 11.7 Å². The van der Waals surface area contributed by atoms with Gasteiger partial charge >= 0.3 is 5.97 Å². The topological polar surface area (TPSA) is 84.2 Å². The largest absolute Gasteiger partial charge is 0.481 e. The molecule has 1 aromatic carbocycles. The molecule has 6 heteroatoms. The average molecular weight is 275 g/mol. The standard InChI is InChI=1S/C14H17N3O3/c1-8(14(19)20)13(18)15-9(2)12-16-10-6-4-5-7-11(10)17(12)3/h4-9H,1-3H3,(H,15,18)(H,19,20). The number of benzene rings is 1. The molecule has 0 aliphatic heterocycles. The highest BCUT2D eigenvalue weighted by Crippen LogP contribution is 2.19. The average Bonchev–Trinajstić information content (AvgIpc) is 2.75. The van der Waals surface area contributed by atoms with Gasteiger partial charge in [-0.05, 0) is 26.0 Å². The van der Waals surface area contributed by atoms with Crippen LogP contribution < -0.4 is 5.32 Å². The lowest BCUT2D eigenvalue weighted by atomic mass is 10.1. The minimum absolute atomic E-state index is 0.360. The molecule has 0 saturated heterocycles. The van der Waals surface area contributed by atoms with Gasteiger partial charge in [-0.25, -0.2) is 4.98 Å². The molecule has 0 aliphatic carbocycles. The number of carboxylic acids is 1. The van der Waals surface area contributed by atoms with Crippen LogP contribution in [0.2, 0.25) is 0 Å². The molecular weight excluding hydrogens is 258 g/mol. The number of amides is 1. The highest BCUT2D eigenvalue weighted by molar-refractivity contribution is 5.96. The summed E-state index contributed by atoms with van der Waals surface area (Å²) < 4.78 is 1.89. The minimum Gasteiger partial charge on any atom is -0.481 e. The summed E-state index contributed by atoms with van der Waals surface area (Å²) in [4.78, 5) is 27.0. The normalized spacial score (nSPS) is 13.9. The fourth-order valence-electron chi connectivity index (χ4n) is 2.07. The van der Waals surface area contributed by atoms with Crippen molar-refractivity contribution in [2.24, 2.45) is 13.0 Å².